The molecule has 1 aliphatic heterocycles. The molecule has 0 atom stereocenters. The number of nitrogens with one attached hydrogen (secondary N) is 2. The van der Waals surface area contributed by atoms with Gasteiger partial charge in [-0.15, -0.1) is 0 Å². The highest BCUT2D eigenvalue weighted by Crippen LogP contribution is 2.21. The zero-order valence-corrected chi connectivity index (χ0v) is 10.4. The second kappa shape index (κ2) is 5.99. The van der Waals surface area contributed by atoms with Crippen LogP contribution in [0.5, 0.6) is 0 Å². The van der Waals surface area contributed by atoms with Crippen molar-refractivity contribution >= 4 is 5.96 Å². The van der Waals surface area contributed by atoms with Crippen LogP contribution in [0.2, 0.25) is 0 Å². The third kappa shape index (κ3) is 6.37. The van der Waals surface area contributed by atoms with Gasteiger partial charge in [-0.1, -0.05) is 27.2 Å². The van der Waals surface area contributed by atoms with E-state index in [1.807, 2.05) is 0 Å². The SMILES string of the molecule is CC(C)(C)CCCCNC1=NCCCN1. The van der Waals surface area contributed by atoms with Crippen LogP contribution in [0.4, 0.5) is 0 Å². The van der Waals surface area contributed by atoms with Gasteiger partial charge in [0.2, 0.25) is 0 Å². The summed E-state index contributed by atoms with van der Waals surface area (Å²) in [6, 6.07) is 0. The van der Waals surface area contributed by atoms with Crippen LogP contribution in [0.25, 0.3) is 0 Å². The summed E-state index contributed by atoms with van der Waals surface area (Å²) in [4.78, 5) is 4.37. The Kier molecular flexibility index (Phi) is 4.92. The van der Waals surface area contributed by atoms with Crippen molar-refractivity contribution in [3.63, 3.8) is 0 Å². The molecule has 0 saturated carbocycles. The first kappa shape index (κ1) is 12.3. The minimum Gasteiger partial charge on any atom is -0.356 e. The van der Waals surface area contributed by atoms with Crippen LogP contribution >= 0.6 is 0 Å². The quantitative estimate of drug-likeness (QED) is 0.699. The molecule has 0 saturated heterocycles. The largest absolute Gasteiger partial charge is 0.356 e. The topological polar surface area (TPSA) is 36.4 Å². The predicted octanol–water partition coefficient (Wildman–Crippen LogP) is 2.14. The standard InChI is InChI=1S/C12H25N3/c1-12(2,3)7-4-5-8-13-11-14-9-6-10-15-11/h4-10H2,1-3H3,(H2,13,14,15). The van der Waals surface area contributed by atoms with Gasteiger partial charge in [-0.3, -0.25) is 4.99 Å². The van der Waals surface area contributed by atoms with Gasteiger partial charge in [0.1, 0.15) is 0 Å². The van der Waals surface area contributed by atoms with Crippen molar-refractivity contribution < 1.29 is 0 Å². The second-order valence-electron chi connectivity index (χ2n) is 5.46. The lowest BCUT2D eigenvalue weighted by Gasteiger charge is -2.18. The third-order valence-corrected chi connectivity index (χ3v) is 2.54. The van der Waals surface area contributed by atoms with Gasteiger partial charge < -0.3 is 10.6 Å². The Morgan fingerprint density at radius 1 is 1.33 bits per heavy atom. The lowest BCUT2D eigenvalue weighted by molar-refractivity contribution is 0.360. The van der Waals surface area contributed by atoms with Crippen molar-refractivity contribution in [2.24, 2.45) is 10.4 Å². The van der Waals surface area contributed by atoms with Crippen LogP contribution in [-0.4, -0.2) is 25.6 Å². The summed E-state index contributed by atoms with van der Waals surface area (Å²) in [7, 11) is 0. The van der Waals surface area contributed by atoms with E-state index in [4.69, 9.17) is 0 Å². The molecule has 3 heteroatoms. The lowest BCUT2D eigenvalue weighted by atomic mass is 9.90. The van der Waals surface area contributed by atoms with Crippen LogP contribution in [-0.2, 0) is 0 Å². The van der Waals surface area contributed by atoms with Gasteiger partial charge in [-0.25, -0.2) is 0 Å². The monoisotopic (exact) mass is 211 g/mol. The Hall–Kier alpha value is -0.730. The highest BCUT2D eigenvalue weighted by Gasteiger charge is 2.09. The van der Waals surface area contributed by atoms with E-state index < -0.39 is 0 Å². The van der Waals surface area contributed by atoms with Gasteiger partial charge in [-0.05, 0) is 24.7 Å². The van der Waals surface area contributed by atoms with E-state index in [0.29, 0.717) is 5.41 Å². The molecule has 0 spiro atoms. The van der Waals surface area contributed by atoms with Gasteiger partial charge in [-0.2, -0.15) is 0 Å². The molecule has 0 radical (unpaired) electrons. The van der Waals surface area contributed by atoms with Gasteiger partial charge in [0.15, 0.2) is 5.96 Å². The minimum atomic E-state index is 0.473. The number of rotatable bonds is 4. The van der Waals surface area contributed by atoms with E-state index in [1.165, 1.54) is 19.3 Å². The summed E-state index contributed by atoms with van der Waals surface area (Å²) in [6.07, 6.45) is 4.99. The maximum absolute atomic E-state index is 4.37. The van der Waals surface area contributed by atoms with Crippen molar-refractivity contribution in [3.8, 4) is 0 Å². The molecule has 0 aromatic carbocycles. The average molecular weight is 211 g/mol. The first-order chi connectivity index (χ1) is 7.08. The van der Waals surface area contributed by atoms with Crippen molar-refractivity contribution in [2.75, 3.05) is 19.6 Å². The molecule has 0 aliphatic carbocycles. The van der Waals surface area contributed by atoms with Crippen molar-refractivity contribution in [1.29, 1.82) is 0 Å². The number of unbranched alkanes of at least 4 members (excludes halogenated alkanes) is 1. The van der Waals surface area contributed by atoms with Gasteiger partial charge in [0, 0.05) is 19.6 Å². The fourth-order valence-electron chi connectivity index (χ4n) is 1.64. The molecule has 0 fully saturated rings. The number of hydrogen-bond acceptors (Lipinski definition) is 3. The summed E-state index contributed by atoms with van der Waals surface area (Å²) in [5.74, 6) is 0.997. The predicted molar refractivity (Wildman–Crippen MR) is 66.2 cm³/mol. The van der Waals surface area contributed by atoms with E-state index >= 15 is 0 Å². The Morgan fingerprint density at radius 2 is 2.13 bits per heavy atom. The minimum absolute atomic E-state index is 0.473. The summed E-state index contributed by atoms with van der Waals surface area (Å²) in [5.41, 5.74) is 0.473. The fourth-order valence-corrected chi connectivity index (χ4v) is 1.64. The number of nitrogens with zero attached hydrogens (tertiary/aromatic N) is 1. The van der Waals surface area contributed by atoms with Gasteiger partial charge in [0.25, 0.3) is 0 Å². The molecule has 0 unspecified atom stereocenters. The zero-order valence-electron chi connectivity index (χ0n) is 10.4. The maximum atomic E-state index is 4.37. The fraction of sp³-hybridized carbons (Fsp3) is 0.917. The molecule has 2 N–H and O–H groups in total. The van der Waals surface area contributed by atoms with Crippen LogP contribution in [0.15, 0.2) is 4.99 Å². The van der Waals surface area contributed by atoms with Gasteiger partial charge in [0.05, 0.1) is 0 Å². The second-order valence-corrected chi connectivity index (χ2v) is 5.46. The molecule has 0 bridgehead atoms. The Labute approximate surface area is 93.7 Å². The zero-order chi connectivity index (χ0) is 11.1. The molecule has 88 valence electrons. The highest BCUT2D eigenvalue weighted by atomic mass is 15.2. The molecule has 0 aromatic heterocycles. The maximum Gasteiger partial charge on any atom is 0.191 e. The normalized spacial score (nSPS) is 16.9. The third-order valence-electron chi connectivity index (χ3n) is 2.54. The smallest absolute Gasteiger partial charge is 0.191 e. The van der Waals surface area contributed by atoms with Crippen LogP contribution in [0.3, 0.4) is 0 Å². The van der Waals surface area contributed by atoms with E-state index in [1.54, 1.807) is 0 Å². The first-order valence-corrected chi connectivity index (χ1v) is 6.10. The number of hydrogen-bond donors (Lipinski definition) is 2. The molecule has 0 amide bonds. The molecule has 15 heavy (non-hydrogen) atoms. The summed E-state index contributed by atoms with van der Waals surface area (Å²) < 4.78 is 0. The van der Waals surface area contributed by atoms with E-state index in [-0.39, 0.29) is 0 Å². The molecular weight excluding hydrogens is 186 g/mol. The summed E-state index contributed by atoms with van der Waals surface area (Å²) >= 11 is 0. The first-order valence-electron chi connectivity index (χ1n) is 6.10. The van der Waals surface area contributed by atoms with Gasteiger partial charge >= 0.3 is 0 Å². The molecule has 1 aliphatic rings. The Morgan fingerprint density at radius 3 is 2.73 bits per heavy atom. The molecule has 1 heterocycles. The average Bonchev–Trinajstić information content (AvgIpc) is 2.17. The van der Waals surface area contributed by atoms with E-state index in [0.717, 1.165) is 32.0 Å². The van der Waals surface area contributed by atoms with E-state index in [2.05, 4.69) is 36.4 Å². The summed E-state index contributed by atoms with van der Waals surface area (Å²) in [6.45, 7) is 9.97. The molecule has 0 aromatic rings. The van der Waals surface area contributed by atoms with Crippen molar-refractivity contribution in [2.45, 2.75) is 46.5 Å². The molecule has 3 nitrogen and oxygen atoms in total. The van der Waals surface area contributed by atoms with Crippen LogP contribution < -0.4 is 10.6 Å². The van der Waals surface area contributed by atoms with Crippen LogP contribution in [0.1, 0.15) is 46.5 Å². The van der Waals surface area contributed by atoms with Crippen LogP contribution in [0, 0.1) is 5.41 Å². The van der Waals surface area contributed by atoms with Crippen molar-refractivity contribution in [1.82, 2.24) is 10.6 Å². The summed E-state index contributed by atoms with van der Waals surface area (Å²) in [5, 5.41) is 6.61. The molecular formula is C12H25N3. The van der Waals surface area contributed by atoms with Crippen molar-refractivity contribution in [3.05, 3.63) is 0 Å². The number of aliphatic imine (C=N–C) groups is 1. The Bertz CT molecular complexity index is 203. The highest BCUT2D eigenvalue weighted by molar-refractivity contribution is 5.80. The molecule has 1 rings (SSSR count). The lowest BCUT2D eigenvalue weighted by Crippen LogP contribution is -2.41. The Balaban J connectivity index is 1.99. The van der Waals surface area contributed by atoms with E-state index in [9.17, 15) is 0 Å². The number of guanidine groups is 1.